The fourth-order valence-electron chi connectivity index (χ4n) is 2.39. The number of nitrogens with two attached hydrogens (primary N) is 1. The van der Waals surface area contributed by atoms with Crippen molar-refractivity contribution in [3.05, 3.63) is 18.3 Å². The van der Waals surface area contributed by atoms with Crippen molar-refractivity contribution in [2.75, 3.05) is 23.3 Å². The second-order valence-electron chi connectivity index (χ2n) is 6.17. The fourth-order valence-corrected chi connectivity index (χ4v) is 2.39. The van der Waals surface area contributed by atoms with E-state index in [0.717, 1.165) is 24.6 Å². The van der Waals surface area contributed by atoms with Gasteiger partial charge < -0.3 is 16.0 Å². The summed E-state index contributed by atoms with van der Waals surface area (Å²) >= 11 is 0. The summed E-state index contributed by atoms with van der Waals surface area (Å²) in [7, 11) is 0. The number of hydrogen-bond donors (Lipinski definition) is 2. The largest absolute Gasteiger partial charge is 0.357 e. The van der Waals surface area contributed by atoms with Crippen LogP contribution in [0.15, 0.2) is 18.3 Å². The number of aromatic nitrogens is 1. The molecule has 0 bridgehead atoms. The van der Waals surface area contributed by atoms with Gasteiger partial charge in [-0.1, -0.05) is 0 Å². The molecule has 20 heavy (non-hydrogen) atoms. The second kappa shape index (κ2) is 6.22. The van der Waals surface area contributed by atoms with Crippen LogP contribution in [0.2, 0.25) is 0 Å². The van der Waals surface area contributed by atoms with Gasteiger partial charge in [0.1, 0.15) is 5.82 Å². The summed E-state index contributed by atoms with van der Waals surface area (Å²) in [5.41, 5.74) is 6.06. The molecule has 5 heteroatoms. The summed E-state index contributed by atoms with van der Waals surface area (Å²) in [4.78, 5) is 18.5. The van der Waals surface area contributed by atoms with E-state index in [1.54, 1.807) is 6.20 Å². The van der Waals surface area contributed by atoms with Crippen LogP contribution in [0.5, 0.6) is 0 Å². The molecule has 1 saturated heterocycles. The number of piperidine rings is 1. The molecule has 1 aliphatic heterocycles. The number of hydrogen-bond acceptors (Lipinski definition) is 4. The van der Waals surface area contributed by atoms with Crippen LogP contribution in [0.25, 0.3) is 0 Å². The number of rotatable bonds is 4. The molecule has 2 rings (SSSR count). The van der Waals surface area contributed by atoms with E-state index >= 15 is 0 Å². The molecule has 0 atom stereocenters. The number of nitrogens with one attached hydrogen (secondary N) is 1. The SMILES string of the molecule is CC(C)(N)CC(=O)Nc1ccc(N2CCCCC2)nc1. The van der Waals surface area contributed by atoms with Gasteiger partial charge in [0.25, 0.3) is 0 Å². The van der Waals surface area contributed by atoms with Crippen LogP contribution >= 0.6 is 0 Å². The monoisotopic (exact) mass is 276 g/mol. The predicted octanol–water partition coefficient (Wildman–Crippen LogP) is 2.14. The van der Waals surface area contributed by atoms with Gasteiger partial charge in [0.15, 0.2) is 0 Å². The zero-order valence-corrected chi connectivity index (χ0v) is 12.4. The molecule has 0 unspecified atom stereocenters. The predicted molar refractivity (Wildman–Crippen MR) is 81.8 cm³/mol. The highest BCUT2D eigenvalue weighted by atomic mass is 16.1. The minimum absolute atomic E-state index is 0.0787. The Morgan fingerprint density at radius 1 is 1.35 bits per heavy atom. The third kappa shape index (κ3) is 4.49. The molecule has 1 fully saturated rings. The van der Waals surface area contributed by atoms with Crippen LogP contribution in [0.4, 0.5) is 11.5 Å². The van der Waals surface area contributed by atoms with E-state index in [9.17, 15) is 4.79 Å². The minimum atomic E-state index is -0.495. The highest BCUT2D eigenvalue weighted by Crippen LogP contribution is 2.19. The summed E-state index contributed by atoms with van der Waals surface area (Å²) in [6.45, 7) is 5.81. The van der Waals surface area contributed by atoms with E-state index in [2.05, 4.69) is 15.2 Å². The van der Waals surface area contributed by atoms with Crippen molar-refractivity contribution in [3.8, 4) is 0 Å². The van der Waals surface area contributed by atoms with E-state index in [4.69, 9.17) is 5.73 Å². The van der Waals surface area contributed by atoms with Gasteiger partial charge in [-0.15, -0.1) is 0 Å². The number of pyridine rings is 1. The van der Waals surface area contributed by atoms with Gasteiger partial charge in [0.05, 0.1) is 11.9 Å². The Hall–Kier alpha value is -1.62. The summed E-state index contributed by atoms with van der Waals surface area (Å²) in [5.74, 6) is 0.909. The Morgan fingerprint density at radius 2 is 2.05 bits per heavy atom. The van der Waals surface area contributed by atoms with Gasteiger partial charge in [0.2, 0.25) is 5.91 Å². The quantitative estimate of drug-likeness (QED) is 0.884. The van der Waals surface area contributed by atoms with Crippen LogP contribution in [0.3, 0.4) is 0 Å². The topological polar surface area (TPSA) is 71.2 Å². The van der Waals surface area contributed by atoms with Crippen molar-refractivity contribution >= 4 is 17.4 Å². The molecule has 0 saturated carbocycles. The van der Waals surface area contributed by atoms with Gasteiger partial charge >= 0.3 is 0 Å². The van der Waals surface area contributed by atoms with E-state index in [1.807, 2.05) is 26.0 Å². The first-order chi connectivity index (χ1) is 9.44. The van der Waals surface area contributed by atoms with Crippen LogP contribution in [0, 0.1) is 0 Å². The van der Waals surface area contributed by atoms with Gasteiger partial charge in [-0.2, -0.15) is 0 Å². The first kappa shape index (κ1) is 14.8. The molecule has 5 nitrogen and oxygen atoms in total. The van der Waals surface area contributed by atoms with Crippen molar-refractivity contribution < 1.29 is 4.79 Å². The maximum absolute atomic E-state index is 11.8. The average Bonchev–Trinajstić information content (AvgIpc) is 2.38. The van der Waals surface area contributed by atoms with Crippen LogP contribution in [0.1, 0.15) is 39.5 Å². The molecule has 0 radical (unpaired) electrons. The van der Waals surface area contributed by atoms with Gasteiger partial charge in [-0.3, -0.25) is 4.79 Å². The Morgan fingerprint density at radius 3 is 2.60 bits per heavy atom. The zero-order chi connectivity index (χ0) is 14.6. The van der Waals surface area contributed by atoms with Crippen molar-refractivity contribution in [1.82, 2.24) is 4.98 Å². The van der Waals surface area contributed by atoms with Crippen molar-refractivity contribution in [1.29, 1.82) is 0 Å². The lowest BCUT2D eigenvalue weighted by molar-refractivity contribution is -0.117. The van der Waals surface area contributed by atoms with Crippen LogP contribution in [-0.4, -0.2) is 29.5 Å². The first-order valence-electron chi connectivity index (χ1n) is 7.24. The highest BCUT2D eigenvalue weighted by Gasteiger charge is 2.17. The number of anilines is 2. The zero-order valence-electron chi connectivity index (χ0n) is 12.4. The summed E-state index contributed by atoms with van der Waals surface area (Å²) in [5, 5.41) is 2.83. The molecule has 0 aromatic carbocycles. The average molecular weight is 276 g/mol. The third-order valence-electron chi connectivity index (χ3n) is 3.33. The number of carbonyl (C=O) groups is 1. The smallest absolute Gasteiger partial charge is 0.226 e. The third-order valence-corrected chi connectivity index (χ3v) is 3.33. The first-order valence-corrected chi connectivity index (χ1v) is 7.24. The van der Waals surface area contributed by atoms with Crippen LogP contribution in [-0.2, 0) is 4.79 Å². The van der Waals surface area contributed by atoms with Crippen molar-refractivity contribution in [3.63, 3.8) is 0 Å². The summed E-state index contributed by atoms with van der Waals surface area (Å²) < 4.78 is 0. The Bertz CT molecular complexity index is 444. The lowest BCUT2D eigenvalue weighted by atomic mass is 10.0. The highest BCUT2D eigenvalue weighted by molar-refractivity contribution is 5.91. The van der Waals surface area contributed by atoms with Crippen LogP contribution < -0.4 is 16.0 Å². The number of amides is 1. The molecule has 110 valence electrons. The Labute approximate surface area is 120 Å². The maximum Gasteiger partial charge on any atom is 0.226 e. The number of nitrogens with zero attached hydrogens (tertiary/aromatic N) is 2. The normalized spacial score (nSPS) is 16.1. The molecule has 2 heterocycles. The minimum Gasteiger partial charge on any atom is -0.357 e. The van der Waals surface area contributed by atoms with Gasteiger partial charge in [-0.25, -0.2) is 4.98 Å². The van der Waals surface area contributed by atoms with E-state index in [-0.39, 0.29) is 5.91 Å². The Kier molecular flexibility index (Phi) is 4.60. The molecular weight excluding hydrogens is 252 g/mol. The van der Waals surface area contributed by atoms with E-state index < -0.39 is 5.54 Å². The number of carbonyl (C=O) groups excluding carboxylic acids is 1. The second-order valence-corrected chi connectivity index (χ2v) is 6.17. The van der Waals surface area contributed by atoms with Gasteiger partial charge in [0, 0.05) is 25.0 Å². The molecule has 3 N–H and O–H groups in total. The molecular formula is C15H24N4O. The maximum atomic E-state index is 11.8. The van der Waals surface area contributed by atoms with Gasteiger partial charge in [-0.05, 0) is 45.2 Å². The molecule has 0 aliphatic carbocycles. The standard InChI is InChI=1S/C15H24N4O/c1-15(2,16)10-14(20)18-12-6-7-13(17-11-12)19-8-4-3-5-9-19/h6-7,11H,3-5,8-10,16H2,1-2H3,(H,18,20). The molecule has 1 amide bonds. The van der Waals surface area contributed by atoms with E-state index in [0.29, 0.717) is 6.42 Å². The molecule has 0 spiro atoms. The molecule has 1 aromatic heterocycles. The van der Waals surface area contributed by atoms with E-state index in [1.165, 1.54) is 19.3 Å². The lowest BCUT2D eigenvalue weighted by Crippen LogP contribution is -2.36. The van der Waals surface area contributed by atoms with Crippen molar-refractivity contribution in [2.24, 2.45) is 5.73 Å². The van der Waals surface area contributed by atoms with Crippen molar-refractivity contribution in [2.45, 2.75) is 45.1 Å². The lowest BCUT2D eigenvalue weighted by Gasteiger charge is -2.27. The summed E-state index contributed by atoms with van der Waals surface area (Å²) in [6, 6.07) is 3.87. The Balaban J connectivity index is 1.92. The molecule has 1 aromatic rings. The summed E-state index contributed by atoms with van der Waals surface area (Å²) in [6.07, 6.45) is 5.77. The molecule has 1 aliphatic rings. The fraction of sp³-hybridized carbons (Fsp3) is 0.600.